The van der Waals surface area contributed by atoms with Gasteiger partial charge < -0.3 is 15.5 Å². The van der Waals surface area contributed by atoms with Crippen LogP contribution in [0.15, 0.2) is 36.4 Å². The maximum absolute atomic E-state index is 12.1. The van der Waals surface area contributed by atoms with Gasteiger partial charge in [0.25, 0.3) is 0 Å². The van der Waals surface area contributed by atoms with E-state index in [1.807, 2.05) is 0 Å². The molecule has 3 N–H and O–H groups in total. The van der Waals surface area contributed by atoms with Crippen LogP contribution < -0.4 is 5.32 Å². The van der Waals surface area contributed by atoms with Crippen LogP contribution in [-0.4, -0.2) is 30.0 Å². The van der Waals surface area contributed by atoms with Crippen molar-refractivity contribution < 1.29 is 23.4 Å². The molecule has 0 aliphatic heterocycles. The van der Waals surface area contributed by atoms with Gasteiger partial charge in [-0.3, -0.25) is 0 Å². The largest absolute Gasteiger partial charge is 0.416 e. The zero-order chi connectivity index (χ0) is 25.1. The van der Waals surface area contributed by atoms with E-state index >= 15 is 0 Å². The molecule has 0 aromatic heterocycles. The number of halogens is 3. The maximum Gasteiger partial charge on any atom is 0.416 e. The van der Waals surface area contributed by atoms with E-state index in [1.165, 1.54) is 49.8 Å². The summed E-state index contributed by atoms with van der Waals surface area (Å²) in [6, 6.07) is 5.12. The molecule has 6 atom stereocenters. The number of alkyl halides is 3. The molecule has 6 unspecified atom stereocenters. The normalized spacial score (nSPS) is 35.9. The summed E-state index contributed by atoms with van der Waals surface area (Å²) in [6.07, 6.45) is 4.73. The van der Waals surface area contributed by atoms with Gasteiger partial charge in [-0.2, -0.15) is 13.2 Å². The SMILES string of the molecule is C=C1CCC2CC(C3(C)CCC(O)CC3CO)CCC12C.CNCc1ccc(C(F)(F)F)cc1. The van der Waals surface area contributed by atoms with E-state index in [-0.39, 0.29) is 24.0 Å². The molecule has 1 aromatic rings. The number of aliphatic hydroxyl groups is 2. The minimum atomic E-state index is -4.24. The average molecular weight is 482 g/mol. The summed E-state index contributed by atoms with van der Waals surface area (Å²) < 4.78 is 36.3. The second-order valence-corrected chi connectivity index (χ2v) is 11.3. The number of aliphatic hydroxyl groups excluding tert-OH is 2. The fourth-order valence-electron chi connectivity index (χ4n) is 6.77. The molecule has 192 valence electrons. The summed E-state index contributed by atoms with van der Waals surface area (Å²) in [5.74, 6) is 1.79. The van der Waals surface area contributed by atoms with Crippen molar-refractivity contribution in [3.63, 3.8) is 0 Å². The van der Waals surface area contributed by atoms with Gasteiger partial charge in [0.2, 0.25) is 0 Å². The average Bonchev–Trinajstić information content (AvgIpc) is 3.09. The molecule has 3 aliphatic rings. The van der Waals surface area contributed by atoms with Gasteiger partial charge in [-0.15, -0.1) is 0 Å². The lowest BCUT2D eigenvalue weighted by Gasteiger charge is -2.52. The summed E-state index contributed by atoms with van der Waals surface area (Å²) in [7, 11) is 1.75. The van der Waals surface area contributed by atoms with Gasteiger partial charge in [0.05, 0.1) is 11.7 Å². The molecule has 3 aliphatic carbocycles. The highest BCUT2D eigenvalue weighted by Gasteiger charge is 2.52. The molecule has 3 saturated carbocycles. The Balaban J connectivity index is 0.000000215. The smallest absolute Gasteiger partial charge is 0.396 e. The van der Waals surface area contributed by atoms with Gasteiger partial charge in [0.15, 0.2) is 0 Å². The lowest BCUT2D eigenvalue weighted by Crippen LogP contribution is -2.46. The molecule has 1 aromatic carbocycles. The molecule has 0 radical (unpaired) electrons. The van der Waals surface area contributed by atoms with Crippen molar-refractivity contribution in [1.29, 1.82) is 0 Å². The number of nitrogens with one attached hydrogen (secondary N) is 1. The Hall–Kier alpha value is -1.37. The molecule has 3 fully saturated rings. The van der Waals surface area contributed by atoms with E-state index < -0.39 is 11.7 Å². The van der Waals surface area contributed by atoms with Crippen LogP contribution in [0.3, 0.4) is 0 Å². The molecular formula is C28H42F3NO2. The number of hydrogen-bond acceptors (Lipinski definition) is 3. The van der Waals surface area contributed by atoms with Gasteiger partial charge in [0.1, 0.15) is 0 Å². The first-order valence-electron chi connectivity index (χ1n) is 12.7. The van der Waals surface area contributed by atoms with Gasteiger partial charge in [-0.25, -0.2) is 0 Å². The first-order valence-corrected chi connectivity index (χ1v) is 12.7. The van der Waals surface area contributed by atoms with E-state index in [0.29, 0.717) is 17.9 Å². The molecular weight excluding hydrogens is 439 g/mol. The van der Waals surface area contributed by atoms with E-state index in [0.717, 1.165) is 42.9 Å². The predicted molar refractivity (Wildman–Crippen MR) is 130 cm³/mol. The number of rotatable bonds is 4. The third-order valence-electron chi connectivity index (χ3n) is 9.41. The van der Waals surface area contributed by atoms with Crippen LogP contribution >= 0.6 is 0 Å². The molecule has 6 heteroatoms. The fraction of sp³-hybridized carbons (Fsp3) is 0.714. The lowest BCUT2D eigenvalue weighted by atomic mass is 9.53. The Morgan fingerprint density at radius 1 is 1.03 bits per heavy atom. The van der Waals surface area contributed by atoms with Crippen LogP contribution in [0.5, 0.6) is 0 Å². The van der Waals surface area contributed by atoms with Crippen molar-refractivity contribution >= 4 is 0 Å². The topological polar surface area (TPSA) is 52.5 Å². The van der Waals surface area contributed by atoms with Crippen LogP contribution in [0.25, 0.3) is 0 Å². The summed E-state index contributed by atoms with van der Waals surface area (Å²) in [5, 5.41) is 22.6. The fourth-order valence-corrected chi connectivity index (χ4v) is 6.77. The van der Waals surface area contributed by atoms with Crippen LogP contribution in [-0.2, 0) is 12.7 Å². The monoisotopic (exact) mass is 481 g/mol. The summed E-state index contributed by atoms with van der Waals surface area (Å²) in [5.41, 5.74) is 2.33. The molecule has 34 heavy (non-hydrogen) atoms. The maximum atomic E-state index is 12.1. The van der Waals surface area contributed by atoms with Crippen molar-refractivity contribution in [2.24, 2.45) is 28.6 Å². The Morgan fingerprint density at radius 3 is 2.29 bits per heavy atom. The first kappa shape index (κ1) is 27.2. The van der Waals surface area contributed by atoms with Crippen molar-refractivity contribution in [3.8, 4) is 0 Å². The minimum absolute atomic E-state index is 0.199. The Labute approximate surface area is 202 Å². The molecule has 0 saturated heterocycles. The first-order chi connectivity index (χ1) is 15.9. The standard InChI is InChI=1S/C19H32O2.C9H10F3N/c1-13-4-5-14-10-15(6-8-18(13,14)2)19(3)9-7-17(21)11-16(19)12-20;1-13-6-7-2-4-8(5-3-7)9(10,11)12/h14-17,20-21H,1,4-12H2,2-3H3;2-5,13H,6H2,1H3. The molecule has 4 rings (SSSR count). The van der Waals surface area contributed by atoms with Crippen molar-refractivity contribution in [1.82, 2.24) is 5.32 Å². The second kappa shape index (κ2) is 10.7. The van der Waals surface area contributed by atoms with E-state index in [4.69, 9.17) is 0 Å². The Kier molecular flexibility index (Phi) is 8.58. The third-order valence-corrected chi connectivity index (χ3v) is 9.41. The summed E-state index contributed by atoms with van der Waals surface area (Å²) in [4.78, 5) is 0. The van der Waals surface area contributed by atoms with Gasteiger partial charge in [0, 0.05) is 13.2 Å². The minimum Gasteiger partial charge on any atom is -0.396 e. The Morgan fingerprint density at radius 2 is 1.71 bits per heavy atom. The highest BCUT2D eigenvalue weighted by atomic mass is 19.4. The number of allylic oxidation sites excluding steroid dienone is 1. The summed E-state index contributed by atoms with van der Waals surface area (Å²) in [6.45, 7) is 9.97. The van der Waals surface area contributed by atoms with Gasteiger partial charge in [-0.05, 0) is 105 Å². The van der Waals surface area contributed by atoms with Gasteiger partial charge in [-0.1, -0.05) is 38.1 Å². The van der Waals surface area contributed by atoms with Crippen LogP contribution in [0, 0.1) is 28.6 Å². The zero-order valence-electron chi connectivity index (χ0n) is 20.9. The van der Waals surface area contributed by atoms with Crippen LogP contribution in [0.1, 0.15) is 76.3 Å². The second-order valence-electron chi connectivity index (χ2n) is 11.3. The number of fused-ring (bicyclic) bond motifs is 1. The highest BCUT2D eigenvalue weighted by Crippen LogP contribution is 2.61. The molecule has 0 bridgehead atoms. The molecule has 0 amide bonds. The van der Waals surface area contributed by atoms with E-state index in [9.17, 15) is 23.4 Å². The predicted octanol–water partition coefficient (Wildman–Crippen LogP) is 6.34. The molecule has 0 heterocycles. The Bertz CT molecular complexity index is 824. The molecule has 0 spiro atoms. The third kappa shape index (κ3) is 5.71. The van der Waals surface area contributed by atoms with Gasteiger partial charge >= 0.3 is 6.18 Å². The van der Waals surface area contributed by atoms with E-state index in [1.54, 1.807) is 7.05 Å². The summed E-state index contributed by atoms with van der Waals surface area (Å²) >= 11 is 0. The van der Waals surface area contributed by atoms with Crippen LogP contribution in [0.2, 0.25) is 0 Å². The highest BCUT2D eigenvalue weighted by molar-refractivity contribution is 5.24. The zero-order valence-corrected chi connectivity index (χ0v) is 20.9. The van der Waals surface area contributed by atoms with Crippen LogP contribution in [0.4, 0.5) is 13.2 Å². The van der Waals surface area contributed by atoms with E-state index in [2.05, 4.69) is 25.7 Å². The van der Waals surface area contributed by atoms with Crippen molar-refractivity contribution in [2.45, 2.75) is 84.0 Å². The van der Waals surface area contributed by atoms with Crippen molar-refractivity contribution in [3.05, 3.63) is 47.5 Å². The number of hydrogen-bond donors (Lipinski definition) is 3. The number of benzene rings is 1. The quantitative estimate of drug-likeness (QED) is 0.440. The lowest BCUT2D eigenvalue weighted by molar-refractivity contribution is -0.137. The molecule has 3 nitrogen and oxygen atoms in total. The van der Waals surface area contributed by atoms with Crippen molar-refractivity contribution in [2.75, 3.05) is 13.7 Å².